The van der Waals surface area contributed by atoms with E-state index in [0.717, 1.165) is 5.52 Å². The Labute approximate surface area is 251 Å². The van der Waals surface area contributed by atoms with Crippen molar-refractivity contribution in [3.05, 3.63) is 49.6 Å². The normalized spacial score (nSPS) is 28.7. The van der Waals surface area contributed by atoms with Crippen LogP contribution >= 0.6 is 11.8 Å². The molecule has 10 nitrogen and oxygen atoms in total. The molecule has 3 unspecified atom stereocenters. The molecule has 3 aliphatic rings. The van der Waals surface area contributed by atoms with Gasteiger partial charge in [-0.3, -0.25) is 14.4 Å². The number of aromatic nitrogens is 3. The molecule has 0 aliphatic carbocycles. The van der Waals surface area contributed by atoms with E-state index in [4.69, 9.17) is 4.74 Å². The van der Waals surface area contributed by atoms with Crippen LogP contribution in [0.15, 0.2) is 49.6 Å². The number of rotatable bonds is 13. The Balaban J connectivity index is 1.56. The maximum atomic E-state index is 14.8. The summed E-state index contributed by atoms with van der Waals surface area (Å²) in [6.45, 7) is 14.0. The Kier molecular flexibility index (Phi) is 8.80. The van der Waals surface area contributed by atoms with E-state index in [1.165, 1.54) is 0 Å². The van der Waals surface area contributed by atoms with Crippen LogP contribution in [0.4, 0.5) is 0 Å². The second-order valence-electron chi connectivity index (χ2n) is 12.1. The molecule has 2 bridgehead atoms. The summed E-state index contributed by atoms with van der Waals surface area (Å²) in [7, 11) is 0. The van der Waals surface area contributed by atoms with Gasteiger partial charge in [0.05, 0.1) is 41.4 Å². The fourth-order valence-corrected chi connectivity index (χ4v) is 9.68. The third-order valence-corrected chi connectivity index (χ3v) is 11.1. The number of thioether (sulfide) groups is 1. The zero-order valence-electron chi connectivity index (χ0n) is 24.6. The van der Waals surface area contributed by atoms with E-state index in [9.17, 15) is 19.5 Å². The number of carbonyl (C=O) groups is 3. The molecular formula is C31H41N5O5S. The minimum atomic E-state index is -0.864. The topological polar surface area (TPSA) is 118 Å². The number of carbonyl (C=O) groups excluding carboxylic acids is 3. The number of ether oxygens (including phenoxy) is 1. The fraction of sp³-hybridized carbons (Fsp3) is 0.581. The first kappa shape index (κ1) is 30.3. The number of benzene rings is 1. The van der Waals surface area contributed by atoms with Gasteiger partial charge in [-0.2, -0.15) is 0 Å². The summed E-state index contributed by atoms with van der Waals surface area (Å²) in [5.74, 6) is -2.06. The number of esters is 1. The third-order valence-electron chi connectivity index (χ3n) is 8.99. The Bertz CT molecular complexity index is 1360. The van der Waals surface area contributed by atoms with Crippen molar-refractivity contribution in [1.82, 2.24) is 24.8 Å². The maximum absolute atomic E-state index is 14.8. The second kappa shape index (κ2) is 12.2. The Hall–Kier alpha value is -3.18. The molecular weight excluding hydrogens is 554 g/mol. The summed E-state index contributed by atoms with van der Waals surface area (Å²) >= 11 is 1.60. The van der Waals surface area contributed by atoms with Crippen molar-refractivity contribution < 1.29 is 24.2 Å². The molecule has 1 N–H and O–H groups in total. The molecule has 5 rings (SSSR count). The first-order chi connectivity index (χ1) is 20.2. The number of likely N-dealkylation sites (tertiary alicyclic amines) is 1. The molecule has 1 spiro atoms. The highest BCUT2D eigenvalue weighted by Crippen LogP contribution is 2.69. The van der Waals surface area contributed by atoms with E-state index >= 15 is 0 Å². The van der Waals surface area contributed by atoms with Gasteiger partial charge in [-0.05, 0) is 43.2 Å². The summed E-state index contributed by atoms with van der Waals surface area (Å²) in [5, 5.41) is 19.0. The lowest BCUT2D eigenvalue weighted by atomic mass is 9.66. The Morgan fingerprint density at radius 1 is 1.29 bits per heavy atom. The summed E-state index contributed by atoms with van der Waals surface area (Å²) in [5.41, 5.74) is 1.50. The minimum absolute atomic E-state index is 0.00574. The van der Waals surface area contributed by atoms with Crippen LogP contribution < -0.4 is 0 Å². The van der Waals surface area contributed by atoms with Crippen LogP contribution in [0.25, 0.3) is 11.0 Å². The summed E-state index contributed by atoms with van der Waals surface area (Å²) in [6.07, 6.45) is 5.11. The monoisotopic (exact) mass is 595 g/mol. The van der Waals surface area contributed by atoms with Gasteiger partial charge in [0.15, 0.2) is 0 Å². The van der Waals surface area contributed by atoms with Crippen LogP contribution in [0.5, 0.6) is 0 Å². The standard InChI is InChI=1S/C31H41N5O5S/c1-6-8-14-41-30(40)25-24-16-20(5)31(42-24)26(25)28(38)36(21(17-37)15-19(3)4)27(31)29(39)34(13-7-2)18-35-23-12-10-9-11-22(23)32-33-35/h6-7,9-12,19-21,24-27,37H,1-2,8,13-18H2,3-5H3/t20?,21-,24+,25-,26+,27?,31?/m1/s1. The molecule has 1 aromatic heterocycles. The minimum Gasteiger partial charge on any atom is -0.465 e. The number of fused-ring (bicyclic) bond motifs is 2. The van der Waals surface area contributed by atoms with Gasteiger partial charge in [-0.15, -0.1) is 30.0 Å². The first-order valence-electron chi connectivity index (χ1n) is 14.8. The SMILES string of the molecule is C=CCCOC(=O)[C@@H]1[C@@H]2CC(C)C3(S2)C(C(=O)N(CC=C)Cn2nnc4ccccc42)N([C@@H](CO)CC(C)C)C(=O)[C@H]13. The van der Waals surface area contributed by atoms with Crippen LogP contribution in [-0.2, 0) is 25.8 Å². The Morgan fingerprint density at radius 3 is 2.74 bits per heavy atom. The van der Waals surface area contributed by atoms with E-state index < -0.39 is 34.6 Å². The molecule has 226 valence electrons. The summed E-state index contributed by atoms with van der Waals surface area (Å²) in [4.78, 5) is 46.0. The number of nitrogens with zero attached hydrogens (tertiary/aromatic N) is 5. The number of aliphatic hydroxyl groups excluding tert-OH is 1. The number of amides is 2. The lowest BCUT2D eigenvalue weighted by molar-refractivity contribution is -0.155. The number of hydrogen-bond acceptors (Lipinski definition) is 8. The molecule has 0 radical (unpaired) electrons. The average molecular weight is 596 g/mol. The number of para-hydroxylation sites is 1. The quantitative estimate of drug-likeness (QED) is 0.213. The van der Waals surface area contributed by atoms with Gasteiger partial charge < -0.3 is 19.6 Å². The van der Waals surface area contributed by atoms with Gasteiger partial charge >= 0.3 is 5.97 Å². The van der Waals surface area contributed by atoms with Gasteiger partial charge in [0.2, 0.25) is 11.8 Å². The first-order valence-corrected chi connectivity index (χ1v) is 15.6. The van der Waals surface area contributed by atoms with Gasteiger partial charge in [-0.25, -0.2) is 4.68 Å². The fourth-order valence-electron chi connectivity index (χ4n) is 7.29. The van der Waals surface area contributed by atoms with Crippen molar-refractivity contribution in [2.75, 3.05) is 19.8 Å². The zero-order valence-corrected chi connectivity index (χ0v) is 25.4. The van der Waals surface area contributed by atoms with E-state index in [0.29, 0.717) is 24.8 Å². The maximum Gasteiger partial charge on any atom is 0.310 e. The molecule has 4 heterocycles. The smallest absolute Gasteiger partial charge is 0.310 e. The highest BCUT2D eigenvalue weighted by molar-refractivity contribution is 8.02. The number of aliphatic hydroxyl groups is 1. The van der Waals surface area contributed by atoms with Crippen LogP contribution in [-0.4, -0.2) is 89.5 Å². The van der Waals surface area contributed by atoms with Gasteiger partial charge in [0.1, 0.15) is 18.2 Å². The van der Waals surface area contributed by atoms with Crippen LogP contribution in [0.2, 0.25) is 0 Å². The molecule has 42 heavy (non-hydrogen) atoms. The molecule has 3 fully saturated rings. The molecule has 11 heteroatoms. The van der Waals surface area contributed by atoms with E-state index in [2.05, 4.69) is 30.4 Å². The van der Waals surface area contributed by atoms with Crippen LogP contribution in [0.3, 0.4) is 0 Å². The summed E-state index contributed by atoms with van der Waals surface area (Å²) in [6, 6.07) is 6.11. The van der Waals surface area contributed by atoms with Crippen molar-refractivity contribution in [3.8, 4) is 0 Å². The van der Waals surface area contributed by atoms with Gasteiger partial charge in [-0.1, -0.05) is 50.3 Å². The zero-order chi connectivity index (χ0) is 30.2. The van der Waals surface area contributed by atoms with Crippen molar-refractivity contribution in [3.63, 3.8) is 0 Å². The second-order valence-corrected chi connectivity index (χ2v) is 13.6. The third kappa shape index (κ3) is 4.94. The van der Waals surface area contributed by atoms with E-state index in [-0.39, 0.29) is 55.3 Å². The molecule has 7 atom stereocenters. The van der Waals surface area contributed by atoms with Crippen molar-refractivity contribution in [2.45, 2.75) is 68.8 Å². The van der Waals surface area contributed by atoms with Crippen molar-refractivity contribution >= 4 is 40.6 Å². The van der Waals surface area contributed by atoms with Crippen LogP contribution in [0, 0.1) is 23.7 Å². The molecule has 3 saturated heterocycles. The molecule has 3 aliphatic heterocycles. The molecule has 1 aromatic carbocycles. The molecule has 0 saturated carbocycles. The average Bonchev–Trinajstić information content (AvgIpc) is 3.68. The highest BCUT2D eigenvalue weighted by Gasteiger charge is 2.77. The number of hydrogen-bond donors (Lipinski definition) is 1. The van der Waals surface area contributed by atoms with Crippen molar-refractivity contribution in [2.24, 2.45) is 23.7 Å². The Morgan fingerprint density at radius 2 is 2.05 bits per heavy atom. The molecule has 2 aromatic rings. The lowest BCUT2D eigenvalue weighted by Gasteiger charge is -2.42. The van der Waals surface area contributed by atoms with E-state index in [1.807, 2.05) is 38.1 Å². The van der Waals surface area contributed by atoms with Gasteiger partial charge in [0, 0.05) is 11.8 Å². The summed E-state index contributed by atoms with van der Waals surface area (Å²) < 4.78 is 6.47. The molecule has 2 amide bonds. The van der Waals surface area contributed by atoms with Crippen molar-refractivity contribution in [1.29, 1.82) is 0 Å². The largest absolute Gasteiger partial charge is 0.465 e. The predicted molar refractivity (Wildman–Crippen MR) is 161 cm³/mol. The van der Waals surface area contributed by atoms with Gasteiger partial charge in [0.25, 0.3) is 0 Å². The predicted octanol–water partition coefficient (Wildman–Crippen LogP) is 3.27. The van der Waals surface area contributed by atoms with Crippen LogP contribution in [0.1, 0.15) is 40.0 Å². The lowest BCUT2D eigenvalue weighted by Crippen LogP contribution is -2.59. The van der Waals surface area contributed by atoms with E-state index in [1.54, 1.807) is 38.4 Å². The highest BCUT2D eigenvalue weighted by atomic mass is 32.2.